The fraction of sp³-hybridized carbons (Fsp3) is 0.333. The normalized spacial score (nSPS) is 9.82. The molecule has 0 radical (unpaired) electrons. The molecule has 0 unspecified atom stereocenters. The maximum Gasteiger partial charge on any atom is 0.508 e. The van der Waals surface area contributed by atoms with Crippen LogP contribution in [0.5, 0.6) is 5.75 Å². The van der Waals surface area contributed by atoms with Crippen molar-refractivity contribution in [1.82, 2.24) is 0 Å². The van der Waals surface area contributed by atoms with Crippen LogP contribution in [-0.4, -0.2) is 24.5 Å². The number of carbonyl (C=O) groups excluding carboxylic acids is 1. The number of aromatic hydroxyl groups is 1. The first kappa shape index (κ1) is 17.8. The topological polar surface area (TPSA) is 86.0 Å². The van der Waals surface area contributed by atoms with Gasteiger partial charge in [0, 0.05) is 5.02 Å². The number of benzene rings is 1. The van der Waals surface area contributed by atoms with E-state index in [1.54, 1.807) is 32.0 Å². The zero-order valence-corrected chi connectivity index (χ0v) is 13.3. The summed E-state index contributed by atoms with van der Waals surface area (Å²) in [6.45, 7) is 5.72. The van der Waals surface area contributed by atoms with Crippen LogP contribution < -0.4 is 5.63 Å². The Hall–Kier alpha value is -2.21. The summed E-state index contributed by atoms with van der Waals surface area (Å²) in [5, 5.41) is 10.6. The van der Waals surface area contributed by atoms with Crippen molar-refractivity contribution in [3.8, 4) is 5.75 Å². The number of ether oxygens (including phenoxy) is 2. The first-order valence-electron chi connectivity index (χ1n) is 6.62. The number of hydrogen-bond donors (Lipinski definition) is 1. The lowest BCUT2D eigenvalue weighted by molar-refractivity contribution is 0.0630. The van der Waals surface area contributed by atoms with Gasteiger partial charge in [-0.05, 0) is 39.0 Å². The van der Waals surface area contributed by atoms with Gasteiger partial charge in [0.2, 0.25) is 0 Å². The Labute approximate surface area is 132 Å². The van der Waals surface area contributed by atoms with Gasteiger partial charge in [0.25, 0.3) is 0 Å². The van der Waals surface area contributed by atoms with Crippen molar-refractivity contribution < 1.29 is 23.8 Å². The highest BCUT2D eigenvalue weighted by Gasteiger charge is 2.09. The maximum atomic E-state index is 11.2. The number of hydrogen-bond acceptors (Lipinski definition) is 6. The molecule has 0 saturated carbocycles. The van der Waals surface area contributed by atoms with Crippen molar-refractivity contribution in [2.45, 2.75) is 20.8 Å². The molecule has 0 bridgehead atoms. The van der Waals surface area contributed by atoms with Crippen LogP contribution in [0.25, 0.3) is 11.0 Å². The summed E-state index contributed by atoms with van der Waals surface area (Å²) in [6.07, 6.45) is -0.588. The van der Waals surface area contributed by atoms with Gasteiger partial charge in [0.05, 0.1) is 24.2 Å². The molecule has 0 aliphatic carbocycles. The van der Waals surface area contributed by atoms with E-state index < -0.39 is 11.8 Å². The van der Waals surface area contributed by atoms with E-state index in [2.05, 4.69) is 9.47 Å². The monoisotopic (exact) mass is 328 g/mol. The van der Waals surface area contributed by atoms with E-state index in [1.165, 1.54) is 6.92 Å². The summed E-state index contributed by atoms with van der Waals surface area (Å²) in [5.41, 5.74) is -0.000380. The lowest BCUT2D eigenvalue weighted by Crippen LogP contribution is -2.05. The third kappa shape index (κ3) is 4.66. The van der Waals surface area contributed by atoms with E-state index in [4.69, 9.17) is 16.0 Å². The number of halogens is 1. The highest BCUT2D eigenvalue weighted by atomic mass is 35.5. The van der Waals surface area contributed by atoms with Gasteiger partial charge in [0.1, 0.15) is 11.3 Å². The molecule has 1 aromatic carbocycles. The molecule has 0 aliphatic heterocycles. The van der Waals surface area contributed by atoms with Crippen LogP contribution in [0.2, 0.25) is 5.02 Å². The fourth-order valence-electron chi connectivity index (χ4n) is 1.53. The summed E-state index contributed by atoms with van der Waals surface area (Å²) >= 11 is 5.75. The molecular formula is C15H17ClO6. The summed E-state index contributed by atoms with van der Waals surface area (Å²) in [7, 11) is 0. The van der Waals surface area contributed by atoms with Gasteiger partial charge >= 0.3 is 11.8 Å². The minimum Gasteiger partial charge on any atom is -0.507 e. The average molecular weight is 329 g/mol. The van der Waals surface area contributed by atoms with E-state index in [9.17, 15) is 14.7 Å². The third-order valence-corrected chi connectivity index (χ3v) is 2.82. The van der Waals surface area contributed by atoms with Gasteiger partial charge < -0.3 is 19.0 Å². The molecule has 22 heavy (non-hydrogen) atoms. The molecule has 0 fully saturated rings. The van der Waals surface area contributed by atoms with Crippen LogP contribution in [0, 0.1) is 6.92 Å². The molecule has 1 N–H and O–H groups in total. The predicted molar refractivity (Wildman–Crippen MR) is 82.5 cm³/mol. The van der Waals surface area contributed by atoms with Gasteiger partial charge in [-0.3, -0.25) is 0 Å². The number of fused-ring (bicyclic) bond motifs is 1. The first-order chi connectivity index (χ1) is 10.4. The van der Waals surface area contributed by atoms with E-state index >= 15 is 0 Å². The van der Waals surface area contributed by atoms with Gasteiger partial charge in [-0.2, -0.15) is 0 Å². The quantitative estimate of drug-likeness (QED) is 0.669. The molecule has 1 aromatic heterocycles. The van der Waals surface area contributed by atoms with Crippen LogP contribution in [0.1, 0.15) is 19.4 Å². The zero-order chi connectivity index (χ0) is 16.7. The molecule has 1 heterocycles. The van der Waals surface area contributed by atoms with Gasteiger partial charge in [-0.1, -0.05) is 11.6 Å². The third-order valence-electron chi connectivity index (χ3n) is 2.59. The second kappa shape index (κ2) is 8.29. The first-order valence-corrected chi connectivity index (χ1v) is 6.99. The molecule has 0 amide bonds. The van der Waals surface area contributed by atoms with Crippen molar-refractivity contribution in [2.24, 2.45) is 0 Å². The number of rotatable bonds is 2. The molecule has 7 heteroatoms. The minimum atomic E-state index is -0.588. The Kier molecular flexibility index (Phi) is 6.72. The predicted octanol–water partition coefficient (Wildman–Crippen LogP) is 3.64. The Morgan fingerprint density at radius 2 is 1.86 bits per heavy atom. The second-order valence-electron chi connectivity index (χ2n) is 4.12. The smallest absolute Gasteiger partial charge is 0.507 e. The Morgan fingerprint density at radius 3 is 2.41 bits per heavy atom. The summed E-state index contributed by atoms with van der Waals surface area (Å²) in [4.78, 5) is 21.4. The van der Waals surface area contributed by atoms with E-state index in [0.29, 0.717) is 29.2 Å². The Morgan fingerprint density at radius 1 is 1.27 bits per heavy atom. The van der Waals surface area contributed by atoms with Gasteiger partial charge in [-0.25, -0.2) is 9.59 Å². The molecule has 0 saturated heterocycles. The van der Waals surface area contributed by atoms with Gasteiger partial charge in [-0.15, -0.1) is 0 Å². The van der Waals surface area contributed by atoms with Crippen molar-refractivity contribution in [1.29, 1.82) is 0 Å². The van der Waals surface area contributed by atoms with Gasteiger partial charge in [0.15, 0.2) is 0 Å². The maximum absolute atomic E-state index is 11.2. The van der Waals surface area contributed by atoms with E-state index in [1.807, 2.05) is 0 Å². The van der Waals surface area contributed by atoms with E-state index in [0.717, 1.165) is 0 Å². The van der Waals surface area contributed by atoms with Crippen molar-refractivity contribution in [2.75, 3.05) is 13.2 Å². The van der Waals surface area contributed by atoms with Crippen molar-refractivity contribution in [3.63, 3.8) is 0 Å². The molecule has 0 atom stereocenters. The Bertz CT molecular complexity index is 699. The lowest BCUT2D eigenvalue weighted by atomic mass is 10.2. The molecule has 2 rings (SSSR count). The molecular weight excluding hydrogens is 312 g/mol. The van der Waals surface area contributed by atoms with Crippen LogP contribution >= 0.6 is 11.6 Å². The van der Waals surface area contributed by atoms with Crippen molar-refractivity contribution >= 4 is 28.7 Å². The summed E-state index contributed by atoms with van der Waals surface area (Å²) in [6, 6.07) is 4.71. The zero-order valence-electron chi connectivity index (χ0n) is 12.5. The fourth-order valence-corrected chi connectivity index (χ4v) is 1.70. The lowest BCUT2D eigenvalue weighted by Gasteiger charge is -2.02. The molecule has 6 nitrogen and oxygen atoms in total. The van der Waals surface area contributed by atoms with Crippen molar-refractivity contribution in [3.05, 3.63) is 39.2 Å². The molecule has 2 aromatic rings. The number of carbonyl (C=O) groups is 1. The van der Waals surface area contributed by atoms with Crippen LogP contribution in [0.3, 0.4) is 0 Å². The van der Waals surface area contributed by atoms with Crippen LogP contribution in [-0.2, 0) is 9.47 Å². The second-order valence-corrected chi connectivity index (χ2v) is 4.56. The standard InChI is InChI=1S/C10H7ClO3.C5H10O3/c1-5-9(12)7-4-6(11)2-3-8(7)14-10(5)13;1-3-7-5(6)8-4-2/h2-4,12H,1H3;3-4H2,1-2H3. The highest BCUT2D eigenvalue weighted by Crippen LogP contribution is 2.27. The summed E-state index contributed by atoms with van der Waals surface area (Å²) in [5.74, 6) is -0.0706. The molecule has 0 spiro atoms. The molecule has 120 valence electrons. The van der Waals surface area contributed by atoms with Crippen LogP contribution in [0.4, 0.5) is 4.79 Å². The largest absolute Gasteiger partial charge is 0.508 e. The minimum absolute atomic E-state index is 0.0706. The highest BCUT2D eigenvalue weighted by molar-refractivity contribution is 6.31. The van der Waals surface area contributed by atoms with Crippen LogP contribution in [0.15, 0.2) is 27.4 Å². The molecule has 0 aliphatic rings. The SMILES string of the molecule is CCOC(=O)OCC.Cc1c(O)c2cc(Cl)ccc2oc1=O. The summed E-state index contributed by atoms with van der Waals surface area (Å²) < 4.78 is 13.8. The average Bonchev–Trinajstić information content (AvgIpc) is 2.47. The van der Waals surface area contributed by atoms with E-state index in [-0.39, 0.29) is 11.3 Å². The Balaban J connectivity index is 0.000000261.